The van der Waals surface area contributed by atoms with Crippen LogP contribution in [0, 0.1) is 18.3 Å². The zero-order valence-corrected chi connectivity index (χ0v) is 18.2. The second kappa shape index (κ2) is 12.2. The van der Waals surface area contributed by atoms with Gasteiger partial charge in [0.05, 0.1) is 13.2 Å². The number of aryl methyl sites for hydroxylation is 1. The number of carboxylic acid groups (broad SMARTS) is 2. The summed E-state index contributed by atoms with van der Waals surface area (Å²) in [6.07, 6.45) is 1.82. The topological polar surface area (TPSA) is 111 Å². The molecule has 31 heavy (non-hydrogen) atoms. The third kappa shape index (κ3) is 7.61. The Hall–Kier alpha value is -3.63. The molecular weight excluding hydrogens is 396 g/mol. The van der Waals surface area contributed by atoms with E-state index in [1.165, 1.54) is 5.56 Å². The molecular formula is C24H28N2O5. The summed E-state index contributed by atoms with van der Waals surface area (Å²) >= 11 is 0. The smallest absolute Gasteiger partial charge is 0.328 e. The lowest BCUT2D eigenvalue weighted by atomic mass is 9.72. The molecule has 0 amide bonds. The van der Waals surface area contributed by atoms with Crippen molar-refractivity contribution >= 4 is 11.9 Å². The first-order chi connectivity index (χ1) is 14.7. The number of methoxy groups -OCH3 is 1. The van der Waals surface area contributed by atoms with Gasteiger partial charge < -0.3 is 19.8 Å². The Kier molecular flexibility index (Phi) is 9.96. The summed E-state index contributed by atoms with van der Waals surface area (Å²) in [5.74, 6) is -1.76. The first-order valence-corrected chi connectivity index (χ1v) is 9.57. The predicted octanol–water partition coefficient (Wildman–Crippen LogP) is 3.48. The van der Waals surface area contributed by atoms with E-state index in [1.54, 1.807) is 7.11 Å². The van der Waals surface area contributed by atoms with Crippen molar-refractivity contribution in [3.05, 3.63) is 77.4 Å². The Morgan fingerprint density at radius 1 is 1.06 bits per heavy atom. The van der Waals surface area contributed by atoms with Crippen molar-refractivity contribution in [2.24, 2.45) is 0 Å². The fraction of sp³-hybridized carbons (Fsp3) is 0.292. The first-order valence-electron chi connectivity index (χ1n) is 9.57. The molecule has 7 nitrogen and oxygen atoms in total. The Balaban J connectivity index is 0.000000512. The number of carbonyl (C=O) groups is 2. The lowest BCUT2D eigenvalue weighted by molar-refractivity contribution is -0.134. The van der Waals surface area contributed by atoms with E-state index in [2.05, 4.69) is 42.2 Å². The van der Waals surface area contributed by atoms with Crippen LogP contribution in [-0.2, 0) is 15.0 Å². The zero-order valence-electron chi connectivity index (χ0n) is 18.2. The van der Waals surface area contributed by atoms with E-state index in [4.69, 9.17) is 14.9 Å². The van der Waals surface area contributed by atoms with Gasteiger partial charge in [0.15, 0.2) is 0 Å². The van der Waals surface area contributed by atoms with E-state index in [9.17, 15) is 14.9 Å². The van der Waals surface area contributed by atoms with Crippen LogP contribution < -0.4 is 4.74 Å². The number of ether oxygens (including phenoxy) is 1. The van der Waals surface area contributed by atoms with Gasteiger partial charge in [0.2, 0.25) is 0 Å². The number of hydrogen-bond acceptors (Lipinski definition) is 5. The normalized spacial score (nSPS) is 12.4. The fourth-order valence-corrected chi connectivity index (χ4v) is 2.98. The number of rotatable bonds is 8. The van der Waals surface area contributed by atoms with Crippen LogP contribution >= 0.6 is 0 Å². The first kappa shape index (κ1) is 25.4. The number of nitriles is 1. The molecule has 1 atom stereocenters. The van der Waals surface area contributed by atoms with Crippen LogP contribution in [0.5, 0.6) is 5.75 Å². The number of benzene rings is 2. The van der Waals surface area contributed by atoms with E-state index in [-0.39, 0.29) is 0 Å². The molecule has 0 aliphatic heterocycles. The van der Waals surface area contributed by atoms with Crippen LogP contribution in [0.15, 0.2) is 60.7 Å². The van der Waals surface area contributed by atoms with E-state index < -0.39 is 17.4 Å². The summed E-state index contributed by atoms with van der Waals surface area (Å²) in [5.41, 5.74) is 2.41. The monoisotopic (exact) mass is 424 g/mol. The quantitative estimate of drug-likeness (QED) is 0.624. The molecule has 0 aliphatic rings. The minimum Gasteiger partial charge on any atom is -0.496 e. The van der Waals surface area contributed by atoms with Gasteiger partial charge >= 0.3 is 11.9 Å². The third-order valence-electron chi connectivity index (χ3n) is 4.60. The van der Waals surface area contributed by atoms with Crippen molar-refractivity contribution in [2.75, 3.05) is 27.7 Å². The number of hydrogen-bond donors (Lipinski definition) is 2. The number of nitrogens with zero attached hydrogens (tertiary/aromatic N) is 2. The van der Waals surface area contributed by atoms with Crippen molar-refractivity contribution in [1.82, 2.24) is 4.90 Å². The van der Waals surface area contributed by atoms with Gasteiger partial charge in [-0.3, -0.25) is 0 Å². The van der Waals surface area contributed by atoms with Crippen LogP contribution in [0.3, 0.4) is 0 Å². The van der Waals surface area contributed by atoms with Gasteiger partial charge in [-0.2, -0.15) is 5.26 Å². The van der Waals surface area contributed by atoms with Crippen LogP contribution in [-0.4, -0.2) is 54.8 Å². The summed E-state index contributed by atoms with van der Waals surface area (Å²) in [7, 11) is 5.71. The minimum absolute atomic E-state index is 0.558. The number of para-hydroxylation sites is 1. The second-order valence-electron chi connectivity index (χ2n) is 7.15. The lowest BCUT2D eigenvalue weighted by Gasteiger charge is -2.30. The zero-order chi connectivity index (χ0) is 23.4. The molecule has 1 unspecified atom stereocenters. The molecule has 0 saturated heterocycles. The van der Waals surface area contributed by atoms with Crippen LogP contribution in [0.1, 0.15) is 23.1 Å². The SMILES string of the molecule is COc1ccccc1C(C#N)(CCN(C)C)c1ccc(C)cc1.O=C(O)C=CC(=O)O. The molecule has 2 N–H and O–H groups in total. The summed E-state index contributed by atoms with van der Waals surface area (Å²) in [4.78, 5) is 21.2. The van der Waals surface area contributed by atoms with Gasteiger partial charge in [-0.1, -0.05) is 48.0 Å². The highest BCUT2D eigenvalue weighted by Gasteiger charge is 2.36. The maximum Gasteiger partial charge on any atom is 0.328 e. The molecule has 0 heterocycles. The molecule has 164 valence electrons. The highest BCUT2D eigenvalue weighted by atomic mass is 16.5. The van der Waals surface area contributed by atoms with Gasteiger partial charge in [0.25, 0.3) is 0 Å². The average molecular weight is 424 g/mol. The molecule has 2 aromatic carbocycles. The standard InChI is InChI=1S/C20H24N2O.C4H4O4/c1-16-9-11-17(12-10-16)20(15-21,13-14-22(2)3)18-7-5-6-8-19(18)23-4;5-3(6)1-2-4(7)8/h5-12H,13-14H2,1-4H3;1-2H,(H,5,6)(H,7,8). The summed E-state index contributed by atoms with van der Waals surface area (Å²) in [5, 5.41) is 25.8. The molecule has 2 aromatic rings. The summed E-state index contributed by atoms with van der Waals surface area (Å²) in [6, 6.07) is 18.6. The third-order valence-corrected chi connectivity index (χ3v) is 4.60. The molecule has 0 spiro atoms. The van der Waals surface area contributed by atoms with Crippen molar-refractivity contribution < 1.29 is 24.5 Å². The minimum atomic E-state index is -1.26. The van der Waals surface area contributed by atoms with Crippen molar-refractivity contribution in [1.29, 1.82) is 5.26 Å². The highest BCUT2D eigenvalue weighted by molar-refractivity contribution is 5.89. The number of aliphatic carboxylic acids is 2. The molecule has 0 saturated carbocycles. The van der Waals surface area contributed by atoms with E-state index in [0.717, 1.165) is 23.4 Å². The molecule has 0 aromatic heterocycles. The maximum atomic E-state index is 10.2. The highest BCUT2D eigenvalue weighted by Crippen LogP contribution is 2.40. The van der Waals surface area contributed by atoms with Gasteiger partial charge in [0.1, 0.15) is 11.2 Å². The molecule has 0 fully saturated rings. The van der Waals surface area contributed by atoms with Gasteiger partial charge in [-0.05, 0) is 45.6 Å². The largest absolute Gasteiger partial charge is 0.496 e. The average Bonchev–Trinajstić information content (AvgIpc) is 2.74. The van der Waals surface area contributed by atoms with Crippen LogP contribution in [0.25, 0.3) is 0 Å². The summed E-state index contributed by atoms with van der Waals surface area (Å²) in [6.45, 7) is 2.88. The maximum absolute atomic E-state index is 10.2. The predicted molar refractivity (Wildman–Crippen MR) is 118 cm³/mol. The molecule has 7 heteroatoms. The molecule has 0 aliphatic carbocycles. The van der Waals surface area contributed by atoms with Gasteiger partial charge in [-0.15, -0.1) is 0 Å². The van der Waals surface area contributed by atoms with Crippen molar-refractivity contribution in [3.63, 3.8) is 0 Å². The van der Waals surface area contributed by atoms with Gasteiger partial charge in [-0.25, -0.2) is 9.59 Å². The Morgan fingerprint density at radius 3 is 2.06 bits per heavy atom. The van der Waals surface area contributed by atoms with Crippen LogP contribution in [0.4, 0.5) is 0 Å². The molecule has 0 radical (unpaired) electrons. The lowest BCUT2D eigenvalue weighted by Crippen LogP contribution is -2.31. The fourth-order valence-electron chi connectivity index (χ4n) is 2.98. The Labute approximate surface area is 182 Å². The molecule has 0 bridgehead atoms. The van der Waals surface area contributed by atoms with E-state index >= 15 is 0 Å². The van der Waals surface area contributed by atoms with E-state index in [1.807, 2.05) is 38.4 Å². The number of carboxylic acids is 2. The molecule has 2 rings (SSSR count). The van der Waals surface area contributed by atoms with Crippen molar-refractivity contribution in [2.45, 2.75) is 18.8 Å². The second-order valence-corrected chi connectivity index (χ2v) is 7.15. The Morgan fingerprint density at radius 2 is 1.61 bits per heavy atom. The van der Waals surface area contributed by atoms with Crippen molar-refractivity contribution in [3.8, 4) is 11.8 Å². The Bertz CT molecular complexity index is 929. The summed E-state index contributed by atoms with van der Waals surface area (Å²) < 4.78 is 5.54. The van der Waals surface area contributed by atoms with Crippen LogP contribution in [0.2, 0.25) is 0 Å². The van der Waals surface area contributed by atoms with Gasteiger partial charge in [0, 0.05) is 17.7 Å². The van der Waals surface area contributed by atoms with E-state index in [0.29, 0.717) is 18.6 Å².